The van der Waals surface area contributed by atoms with Crippen molar-refractivity contribution in [1.82, 2.24) is 0 Å². The van der Waals surface area contributed by atoms with Crippen LogP contribution >= 0.6 is 11.8 Å². The van der Waals surface area contributed by atoms with E-state index in [4.69, 9.17) is 9.47 Å². The molecule has 120 heavy (non-hydrogen) atoms. The van der Waals surface area contributed by atoms with Crippen molar-refractivity contribution >= 4 is 81.3 Å². The topological polar surface area (TPSA) is 18.5 Å². The van der Waals surface area contributed by atoms with Gasteiger partial charge >= 0.3 is 0 Å². The van der Waals surface area contributed by atoms with Crippen LogP contribution in [0.3, 0.4) is 0 Å². The standard InChI is InChI=1S/C12H17F.C11H18Si.C11H16.C10H14O.C9H12S.C8H10O.6C8H18Si/c1-4-12(2,3)9-10-6-5-7-11(13)8-10;1-4-12(2,3)10-11-8-6-5-7-9-11;1-10(2)8-9-11-6-4-3-5-7-11;1-9(2)11-8-10-6-4-3-5-7-10;1-2-10-8-9-6-4-3-5-7-9;1-2-9-8-6-4-3-5-7-8;6*9-7-6-8-4-2-1-3-5-8/h5-8H,4,9H2,1-3H3;5-9H,4,10H2,1-3H3;3-7,10H,8-9H2,1-2H3;3-7,9H,8H2,1-2H3;3-7H,2,8H2,1H3;3-7H,2H2,1H3;6*8H,1-7H2,9H3. The summed E-state index contributed by atoms with van der Waals surface area (Å²) in [6, 6.07) is 70.9. The molecular weight excluding hydrogens is 1590 g/mol. The van der Waals surface area contributed by atoms with Crippen LogP contribution in [0, 0.1) is 52.7 Å². The molecule has 684 valence electrons. The van der Waals surface area contributed by atoms with Gasteiger partial charge in [0.25, 0.3) is 0 Å². The summed E-state index contributed by atoms with van der Waals surface area (Å²) in [7, 11) is 7.62. The first-order chi connectivity index (χ1) is 58.2. The van der Waals surface area contributed by atoms with Gasteiger partial charge < -0.3 is 9.47 Å². The van der Waals surface area contributed by atoms with Crippen molar-refractivity contribution in [3.05, 3.63) is 210 Å². The highest BCUT2D eigenvalue weighted by Gasteiger charge is 2.20. The number of hydrogen-bond acceptors (Lipinski definition) is 3. The maximum absolute atomic E-state index is 12.8. The van der Waals surface area contributed by atoms with Crippen LogP contribution in [-0.4, -0.2) is 88.0 Å². The lowest BCUT2D eigenvalue weighted by Gasteiger charge is -2.22. The minimum absolute atomic E-state index is 0.135. The molecule has 6 fully saturated rings. The summed E-state index contributed by atoms with van der Waals surface area (Å²) in [5.74, 6) is 10.8. The molecule has 6 aliphatic rings. The third-order valence-corrected chi connectivity index (χ3v) is 32.9. The zero-order valence-corrected chi connectivity index (χ0v) is 96.1. The minimum atomic E-state index is -0.918. The van der Waals surface area contributed by atoms with Crippen LogP contribution < -0.4 is 4.74 Å². The number of hydrogen-bond donors (Lipinski definition) is 0. The van der Waals surface area contributed by atoms with Crippen LogP contribution in [0.5, 0.6) is 5.75 Å². The molecule has 6 aromatic rings. The van der Waals surface area contributed by atoms with E-state index in [1.165, 1.54) is 272 Å². The molecule has 6 saturated carbocycles. The number of halogens is 1. The van der Waals surface area contributed by atoms with E-state index in [2.05, 4.69) is 165 Å². The molecule has 11 heteroatoms. The fourth-order valence-electron chi connectivity index (χ4n) is 17.3. The molecule has 0 heterocycles. The second-order valence-corrected chi connectivity index (χ2v) is 51.1. The molecule has 0 spiro atoms. The van der Waals surface area contributed by atoms with Gasteiger partial charge in [-0.25, -0.2) is 4.39 Å². The van der Waals surface area contributed by atoms with Crippen LogP contribution in [-0.2, 0) is 36.0 Å². The Morgan fingerprint density at radius 3 is 0.983 bits per heavy atom. The third-order valence-electron chi connectivity index (χ3n) is 25.2. The van der Waals surface area contributed by atoms with E-state index in [0.717, 1.165) is 84.5 Å². The second kappa shape index (κ2) is 80.4. The molecule has 0 radical (unpaired) electrons. The molecule has 0 N–H and O–H groups in total. The summed E-state index contributed by atoms with van der Waals surface area (Å²) in [4.78, 5) is 0. The monoisotopic (exact) mass is 1780 g/mol. The number of aryl methyl sites for hydroxylation is 1. The van der Waals surface area contributed by atoms with E-state index in [-0.39, 0.29) is 11.2 Å². The molecule has 6 aromatic carbocycles. The summed E-state index contributed by atoms with van der Waals surface area (Å²) in [5.41, 5.74) is 6.99. The van der Waals surface area contributed by atoms with Gasteiger partial charge in [0.15, 0.2) is 0 Å². The van der Waals surface area contributed by atoms with Gasteiger partial charge in [-0.05, 0) is 145 Å². The molecule has 6 aliphatic carbocycles. The molecule has 0 bridgehead atoms. The van der Waals surface area contributed by atoms with E-state index in [1.807, 2.05) is 87.1 Å². The average molecular weight is 1790 g/mol. The molecule has 0 atom stereocenters. The van der Waals surface area contributed by atoms with Crippen molar-refractivity contribution in [3.63, 3.8) is 0 Å². The van der Waals surface area contributed by atoms with Gasteiger partial charge in [0.2, 0.25) is 0 Å². The van der Waals surface area contributed by atoms with Crippen molar-refractivity contribution in [2.45, 2.75) is 406 Å². The van der Waals surface area contributed by atoms with Crippen molar-refractivity contribution < 1.29 is 13.9 Å². The summed E-state index contributed by atoms with van der Waals surface area (Å²) < 4.78 is 23.5. The van der Waals surface area contributed by atoms with Gasteiger partial charge in [-0.15, -0.1) is 0 Å². The van der Waals surface area contributed by atoms with Crippen LogP contribution in [0.2, 0.25) is 55.4 Å². The van der Waals surface area contributed by atoms with E-state index >= 15 is 0 Å². The average Bonchev–Trinajstić information content (AvgIpc) is 0.895. The van der Waals surface area contributed by atoms with Gasteiger partial charge in [0.1, 0.15) is 11.6 Å². The van der Waals surface area contributed by atoms with Gasteiger partial charge in [-0.3, -0.25) is 0 Å². The van der Waals surface area contributed by atoms with E-state index in [1.54, 1.807) is 128 Å². The Morgan fingerprint density at radius 1 is 0.392 bits per heavy atom. The lowest BCUT2D eigenvalue weighted by Crippen LogP contribution is -2.27. The Morgan fingerprint density at radius 2 is 0.700 bits per heavy atom. The summed E-state index contributed by atoms with van der Waals surface area (Å²) >= 11 is 1.96. The Hall–Kier alpha value is -3.12. The molecule has 0 amide bonds. The smallest absolute Gasteiger partial charge is 0.123 e. The molecule has 12 rings (SSSR count). The largest absolute Gasteiger partial charge is 0.494 e. The minimum Gasteiger partial charge on any atom is -0.494 e. The van der Waals surface area contributed by atoms with Gasteiger partial charge in [0, 0.05) is 67.2 Å². The van der Waals surface area contributed by atoms with Crippen molar-refractivity contribution in [2.75, 3.05) is 12.4 Å². The van der Waals surface area contributed by atoms with Crippen LogP contribution in [0.25, 0.3) is 0 Å². The van der Waals surface area contributed by atoms with Crippen LogP contribution in [0.15, 0.2) is 176 Å². The highest BCUT2D eigenvalue weighted by Crippen LogP contribution is 2.32. The normalized spacial score (nSPS) is 16.0. The van der Waals surface area contributed by atoms with Gasteiger partial charge in [-0.2, -0.15) is 11.8 Å². The first-order valence-electron chi connectivity index (χ1n) is 51.0. The maximum Gasteiger partial charge on any atom is 0.123 e. The molecule has 0 saturated heterocycles. The molecule has 2 nitrogen and oxygen atoms in total. The first kappa shape index (κ1) is 115. The lowest BCUT2D eigenvalue weighted by molar-refractivity contribution is 0.0657. The fourth-order valence-corrected chi connectivity index (χ4v) is 24.4. The highest BCUT2D eigenvalue weighted by molar-refractivity contribution is 7.98. The Labute approximate surface area is 769 Å². The number of ether oxygens (including phenoxy) is 2. The highest BCUT2D eigenvalue weighted by atomic mass is 32.2. The zero-order chi connectivity index (χ0) is 88.1. The number of benzene rings is 6. The van der Waals surface area contributed by atoms with Crippen molar-refractivity contribution in [3.8, 4) is 5.75 Å². The predicted octanol–water partition coefficient (Wildman–Crippen LogP) is 28.7. The van der Waals surface area contributed by atoms with E-state index < -0.39 is 8.07 Å². The SMILES string of the molecule is CC(C)CCc1ccccc1.CC(C)OCc1ccccc1.CCC(C)(C)Cc1cccc(F)c1.CCOc1ccccc1.CCSCc1ccccc1.CC[Si](C)(C)Cc1ccccc1.[SiH3]CCC1CCCCC1.[SiH3]CCC1CCCCC1.[SiH3]CCC1CCCCC1.[SiH3]CCC1CCCCC1.[SiH3]CCC1CCCCC1.[SiH3]CCC1CCCCC1. The van der Waals surface area contributed by atoms with E-state index in [0.29, 0.717) is 6.10 Å². The number of para-hydroxylation sites is 1. The predicted molar refractivity (Wildman–Crippen MR) is 570 cm³/mol. The van der Waals surface area contributed by atoms with Crippen LogP contribution in [0.1, 0.15) is 341 Å². The molecule has 0 unspecified atom stereocenters. The van der Waals surface area contributed by atoms with Crippen molar-refractivity contribution in [1.29, 1.82) is 0 Å². The Balaban J connectivity index is 0.000000656. The van der Waals surface area contributed by atoms with Crippen LogP contribution in [0.4, 0.5) is 4.39 Å². The maximum atomic E-state index is 12.8. The van der Waals surface area contributed by atoms with E-state index in [9.17, 15) is 4.39 Å². The van der Waals surface area contributed by atoms with Gasteiger partial charge in [-0.1, -0.05) is 499 Å². The number of rotatable bonds is 29. The quantitative estimate of drug-likeness (QED) is 0.0436. The molecular formula is C109H195FO2SSi7. The van der Waals surface area contributed by atoms with Crippen molar-refractivity contribution in [2.24, 2.45) is 46.8 Å². The first-order valence-corrected chi connectivity index (χ1v) is 64.0. The third kappa shape index (κ3) is 70.0. The van der Waals surface area contributed by atoms with Gasteiger partial charge in [0.05, 0.1) is 27.4 Å². The lowest BCUT2D eigenvalue weighted by atomic mass is 9.83. The second-order valence-electron chi connectivity index (χ2n) is 38.4. The Kier molecular flexibility index (Phi) is 77.0. The Bertz CT molecular complexity index is 2820. The molecule has 0 aromatic heterocycles. The molecule has 0 aliphatic heterocycles. The number of thioether (sulfide) groups is 1. The fraction of sp³-hybridized carbons (Fsp3) is 0.670. The summed E-state index contributed by atoms with van der Waals surface area (Å²) in [5, 5.41) is 0. The zero-order valence-electron chi connectivity index (χ0n) is 82.2. The summed E-state index contributed by atoms with van der Waals surface area (Å²) in [6.45, 7) is 28.1. The summed E-state index contributed by atoms with van der Waals surface area (Å²) in [6.07, 6.45) is 60.0.